The topological polar surface area (TPSA) is 96.8 Å². The summed E-state index contributed by atoms with van der Waals surface area (Å²) in [6.45, 7) is 8.21. The van der Waals surface area contributed by atoms with Crippen LogP contribution in [0.3, 0.4) is 0 Å². The van der Waals surface area contributed by atoms with Crippen molar-refractivity contribution in [2.75, 3.05) is 49.7 Å². The monoisotopic (exact) mass is 462 g/mol. The quantitative estimate of drug-likeness (QED) is 0.330. The second kappa shape index (κ2) is 9.99. The Labute approximate surface area is 200 Å². The molecule has 0 spiro atoms. The number of morpholine rings is 1. The first kappa shape index (κ1) is 22.6. The van der Waals surface area contributed by atoms with E-state index in [4.69, 9.17) is 20.4 Å². The molecule has 180 valence electrons. The van der Waals surface area contributed by atoms with E-state index in [1.807, 2.05) is 37.3 Å². The van der Waals surface area contributed by atoms with Crippen LogP contribution < -0.4 is 16.1 Å². The van der Waals surface area contributed by atoms with Crippen molar-refractivity contribution in [3.05, 3.63) is 47.3 Å². The Morgan fingerprint density at radius 2 is 1.88 bits per heavy atom. The molecule has 5 rings (SSSR count). The molecule has 0 unspecified atom stereocenters. The second-order valence-corrected chi connectivity index (χ2v) is 9.20. The Bertz CT molecular complexity index is 1180. The number of hydrogen-bond acceptors (Lipinski definition) is 7. The number of aryl methyl sites for hydroxylation is 2. The summed E-state index contributed by atoms with van der Waals surface area (Å²) in [5.41, 5.74) is 14.2. The number of hydrogen-bond donors (Lipinski definition) is 2. The maximum atomic E-state index is 6.25. The summed E-state index contributed by atoms with van der Waals surface area (Å²) in [5, 5.41) is 4.43. The number of amidine groups is 1. The van der Waals surface area contributed by atoms with Crippen molar-refractivity contribution in [3.8, 4) is 0 Å². The lowest BCUT2D eigenvalue weighted by Crippen LogP contribution is -2.36. The molecule has 0 radical (unpaired) electrons. The molecule has 9 nitrogen and oxygen atoms in total. The van der Waals surface area contributed by atoms with Gasteiger partial charge < -0.3 is 19.9 Å². The van der Waals surface area contributed by atoms with Gasteiger partial charge in [0.15, 0.2) is 17.3 Å². The number of rotatable bonds is 6. The SMILES string of the molecule is Cc1cccc(/C(N)=N/Nc2cc(N3CCOCC3)c3nc(CN4CCCCC4)n(C)c3n2)c1. The van der Waals surface area contributed by atoms with E-state index < -0.39 is 0 Å². The number of aromatic nitrogens is 3. The van der Waals surface area contributed by atoms with Crippen LogP contribution in [-0.2, 0) is 18.3 Å². The largest absolute Gasteiger partial charge is 0.382 e. The molecule has 9 heteroatoms. The molecule has 2 fully saturated rings. The van der Waals surface area contributed by atoms with Crippen molar-refractivity contribution in [3.63, 3.8) is 0 Å². The standard InChI is InChI=1S/C25H34N8O/c1-18-7-6-8-19(15-18)24(26)30-29-21-16-20(33-11-13-34-14-12-33)23-25(27-21)31(2)22(28-23)17-32-9-4-3-5-10-32/h6-8,15-16H,3-5,9-14,17H2,1-2H3,(H2,26,30)(H,27,29). The summed E-state index contributed by atoms with van der Waals surface area (Å²) in [6, 6.07) is 10.0. The van der Waals surface area contributed by atoms with Gasteiger partial charge in [-0.05, 0) is 38.9 Å². The van der Waals surface area contributed by atoms with Crippen LogP contribution in [0.25, 0.3) is 11.2 Å². The van der Waals surface area contributed by atoms with Gasteiger partial charge in [-0.1, -0.05) is 30.2 Å². The minimum atomic E-state index is 0.425. The molecule has 4 heterocycles. The molecule has 0 atom stereocenters. The van der Waals surface area contributed by atoms with E-state index in [1.165, 1.54) is 19.3 Å². The molecule has 0 saturated carbocycles. The van der Waals surface area contributed by atoms with E-state index in [9.17, 15) is 0 Å². The molecule has 0 aliphatic carbocycles. The number of piperidine rings is 1. The number of benzene rings is 1. The highest BCUT2D eigenvalue weighted by molar-refractivity contribution is 5.98. The highest BCUT2D eigenvalue weighted by Crippen LogP contribution is 2.30. The number of nitrogens with two attached hydrogens (primary N) is 1. The normalized spacial score (nSPS) is 17.9. The summed E-state index contributed by atoms with van der Waals surface area (Å²) < 4.78 is 7.70. The molecular weight excluding hydrogens is 428 g/mol. The highest BCUT2D eigenvalue weighted by atomic mass is 16.5. The first-order valence-electron chi connectivity index (χ1n) is 12.2. The Hall–Kier alpha value is -3.17. The molecule has 0 bridgehead atoms. The summed E-state index contributed by atoms with van der Waals surface area (Å²) in [5.74, 6) is 2.12. The minimum absolute atomic E-state index is 0.425. The van der Waals surface area contributed by atoms with Crippen LogP contribution in [0.4, 0.5) is 11.5 Å². The minimum Gasteiger partial charge on any atom is -0.382 e. The Morgan fingerprint density at radius 1 is 1.09 bits per heavy atom. The Kier molecular flexibility index (Phi) is 6.64. The molecule has 3 aromatic rings. The van der Waals surface area contributed by atoms with Gasteiger partial charge in [-0.3, -0.25) is 10.3 Å². The summed E-state index contributed by atoms with van der Waals surface area (Å²) in [4.78, 5) is 14.8. The van der Waals surface area contributed by atoms with E-state index in [-0.39, 0.29) is 0 Å². The van der Waals surface area contributed by atoms with Gasteiger partial charge in [0.05, 0.1) is 25.4 Å². The van der Waals surface area contributed by atoms with Crippen LogP contribution >= 0.6 is 0 Å². The van der Waals surface area contributed by atoms with Crippen molar-refractivity contribution in [2.45, 2.75) is 32.7 Å². The summed E-state index contributed by atoms with van der Waals surface area (Å²) >= 11 is 0. The third kappa shape index (κ3) is 4.85. The van der Waals surface area contributed by atoms with Crippen LogP contribution in [0, 0.1) is 6.92 Å². The maximum absolute atomic E-state index is 6.25. The zero-order chi connectivity index (χ0) is 23.5. The lowest BCUT2D eigenvalue weighted by Gasteiger charge is -2.29. The third-order valence-electron chi connectivity index (χ3n) is 6.67. The molecule has 2 aromatic heterocycles. The number of ether oxygens (including phenoxy) is 1. The molecule has 3 N–H and O–H groups in total. The fraction of sp³-hybridized carbons (Fsp3) is 0.480. The average molecular weight is 463 g/mol. The van der Waals surface area contributed by atoms with Crippen LogP contribution in [0.1, 0.15) is 36.2 Å². The predicted molar refractivity (Wildman–Crippen MR) is 136 cm³/mol. The molecule has 2 saturated heterocycles. The Balaban J connectivity index is 1.49. The number of imidazole rings is 1. The number of likely N-dealkylation sites (tertiary alicyclic amines) is 1. The lowest BCUT2D eigenvalue weighted by molar-refractivity contribution is 0.123. The van der Waals surface area contributed by atoms with Crippen molar-refractivity contribution in [1.29, 1.82) is 0 Å². The second-order valence-electron chi connectivity index (χ2n) is 9.20. The number of nitrogens with one attached hydrogen (secondary N) is 1. The molecule has 34 heavy (non-hydrogen) atoms. The van der Waals surface area contributed by atoms with E-state index >= 15 is 0 Å². The summed E-state index contributed by atoms with van der Waals surface area (Å²) in [6.07, 6.45) is 3.84. The number of fused-ring (bicyclic) bond motifs is 1. The predicted octanol–water partition coefficient (Wildman–Crippen LogP) is 2.83. The van der Waals surface area contributed by atoms with Gasteiger partial charge in [0.25, 0.3) is 0 Å². The van der Waals surface area contributed by atoms with Crippen molar-refractivity contribution >= 4 is 28.5 Å². The smallest absolute Gasteiger partial charge is 0.164 e. The first-order chi connectivity index (χ1) is 16.6. The molecule has 1 aromatic carbocycles. The molecule has 0 amide bonds. The Morgan fingerprint density at radius 3 is 2.65 bits per heavy atom. The van der Waals surface area contributed by atoms with Crippen molar-refractivity contribution in [2.24, 2.45) is 17.9 Å². The van der Waals surface area contributed by atoms with Crippen LogP contribution in [0.2, 0.25) is 0 Å². The average Bonchev–Trinajstić information content (AvgIpc) is 3.18. The molecule has 2 aliphatic rings. The van der Waals surface area contributed by atoms with E-state index in [0.717, 1.165) is 66.5 Å². The van der Waals surface area contributed by atoms with Gasteiger partial charge in [0.1, 0.15) is 11.3 Å². The highest BCUT2D eigenvalue weighted by Gasteiger charge is 2.22. The lowest BCUT2D eigenvalue weighted by atomic mass is 10.1. The van der Waals surface area contributed by atoms with Crippen LogP contribution in [0.15, 0.2) is 35.4 Å². The van der Waals surface area contributed by atoms with E-state index in [2.05, 4.69) is 31.9 Å². The van der Waals surface area contributed by atoms with Gasteiger partial charge in [0.2, 0.25) is 0 Å². The van der Waals surface area contributed by atoms with Crippen molar-refractivity contribution in [1.82, 2.24) is 19.4 Å². The van der Waals surface area contributed by atoms with Gasteiger partial charge in [-0.25, -0.2) is 9.97 Å². The van der Waals surface area contributed by atoms with Gasteiger partial charge in [-0.15, -0.1) is 0 Å². The number of anilines is 2. The fourth-order valence-corrected chi connectivity index (χ4v) is 4.73. The van der Waals surface area contributed by atoms with E-state index in [1.54, 1.807) is 0 Å². The van der Waals surface area contributed by atoms with Crippen molar-refractivity contribution < 1.29 is 4.74 Å². The van der Waals surface area contributed by atoms with Crippen LogP contribution in [-0.4, -0.2) is 64.7 Å². The van der Waals surface area contributed by atoms with E-state index in [0.29, 0.717) is 24.9 Å². The first-order valence-corrected chi connectivity index (χ1v) is 12.2. The van der Waals surface area contributed by atoms with Gasteiger partial charge >= 0.3 is 0 Å². The zero-order valence-electron chi connectivity index (χ0n) is 20.1. The maximum Gasteiger partial charge on any atom is 0.164 e. The zero-order valence-corrected chi connectivity index (χ0v) is 20.1. The number of nitrogens with zero attached hydrogens (tertiary/aromatic N) is 6. The third-order valence-corrected chi connectivity index (χ3v) is 6.67. The fourth-order valence-electron chi connectivity index (χ4n) is 4.73. The van der Waals surface area contributed by atoms with Gasteiger partial charge in [-0.2, -0.15) is 5.10 Å². The number of hydrazone groups is 1. The number of pyridine rings is 1. The summed E-state index contributed by atoms with van der Waals surface area (Å²) in [7, 11) is 2.05. The molecule has 2 aliphatic heterocycles. The molecular formula is C25H34N8O. The van der Waals surface area contributed by atoms with Crippen LogP contribution in [0.5, 0.6) is 0 Å². The van der Waals surface area contributed by atoms with Gasteiger partial charge in [0, 0.05) is 31.8 Å².